The molecule has 0 atom stereocenters. The second-order valence-electron chi connectivity index (χ2n) is 4.75. The monoisotopic (exact) mass is 391 g/mol. The zero-order valence-electron chi connectivity index (χ0n) is 11.8. The summed E-state index contributed by atoms with van der Waals surface area (Å²) in [5.41, 5.74) is 2.67. The fraction of sp³-hybridized carbons (Fsp3) is 0.600. The molecular formula is C15H23Br2NO. The van der Waals surface area contributed by atoms with E-state index in [2.05, 4.69) is 56.2 Å². The van der Waals surface area contributed by atoms with E-state index in [1.807, 2.05) is 0 Å². The maximum atomic E-state index is 4.99. The highest BCUT2D eigenvalue weighted by Gasteiger charge is 2.03. The number of hydrogen-bond donors (Lipinski definition) is 1. The van der Waals surface area contributed by atoms with Gasteiger partial charge >= 0.3 is 0 Å². The number of ether oxygens (including phenoxy) is 1. The maximum absolute atomic E-state index is 4.99. The number of nitrogens with one attached hydrogen (secondary N) is 1. The van der Waals surface area contributed by atoms with Crippen molar-refractivity contribution in [1.29, 1.82) is 0 Å². The van der Waals surface area contributed by atoms with Crippen LogP contribution in [0, 0.1) is 6.92 Å². The van der Waals surface area contributed by atoms with Crippen molar-refractivity contribution < 1.29 is 4.74 Å². The Morgan fingerprint density at radius 3 is 2.58 bits per heavy atom. The van der Waals surface area contributed by atoms with Crippen LogP contribution in [0.1, 0.15) is 30.4 Å². The quantitative estimate of drug-likeness (QED) is 0.626. The lowest BCUT2D eigenvalue weighted by Gasteiger charge is -2.08. The van der Waals surface area contributed by atoms with Crippen molar-refractivity contribution in [2.75, 3.05) is 26.8 Å². The van der Waals surface area contributed by atoms with Crippen molar-refractivity contribution in [3.8, 4) is 0 Å². The lowest BCUT2D eigenvalue weighted by atomic mass is 10.1. The molecule has 0 fully saturated rings. The third-order valence-corrected chi connectivity index (χ3v) is 4.70. The number of methoxy groups -OCH3 is 1. The summed E-state index contributed by atoms with van der Waals surface area (Å²) in [6.07, 6.45) is 4.86. The summed E-state index contributed by atoms with van der Waals surface area (Å²) in [5.74, 6) is 0. The van der Waals surface area contributed by atoms with E-state index in [0.29, 0.717) is 0 Å². The van der Waals surface area contributed by atoms with Gasteiger partial charge in [-0.3, -0.25) is 0 Å². The van der Waals surface area contributed by atoms with Crippen LogP contribution < -0.4 is 5.32 Å². The van der Waals surface area contributed by atoms with E-state index < -0.39 is 0 Å². The smallest absolute Gasteiger partial charge is 0.0587 e. The van der Waals surface area contributed by atoms with Gasteiger partial charge in [-0.25, -0.2) is 0 Å². The molecule has 1 aromatic rings. The molecule has 0 aliphatic rings. The minimum Gasteiger partial charge on any atom is -0.383 e. The first kappa shape index (κ1) is 17.2. The van der Waals surface area contributed by atoms with Crippen LogP contribution in [-0.2, 0) is 11.2 Å². The lowest BCUT2D eigenvalue weighted by Crippen LogP contribution is -2.20. The average molecular weight is 393 g/mol. The van der Waals surface area contributed by atoms with E-state index >= 15 is 0 Å². The molecule has 0 radical (unpaired) electrons. The first-order chi connectivity index (χ1) is 9.15. The third-order valence-electron chi connectivity index (χ3n) is 3.11. The molecule has 0 saturated heterocycles. The molecule has 108 valence electrons. The average Bonchev–Trinajstić information content (AvgIpc) is 2.38. The molecular weight excluding hydrogens is 370 g/mol. The van der Waals surface area contributed by atoms with Crippen LogP contribution in [0.3, 0.4) is 0 Å². The van der Waals surface area contributed by atoms with Crippen LogP contribution in [0.25, 0.3) is 0 Å². The van der Waals surface area contributed by atoms with E-state index in [0.717, 1.165) is 26.1 Å². The van der Waals surface area contributed by atoms with Crippen molar-refractivity contribution >= 4 is 31.9 Å². The van der Waals surface area contributed by atoms with Gasteiger partial charge in [0, 0.05) is 22.6 Å². The molecule has 0 aliphatic heterocycles. The third kappa shape index (κ3) is 6.89. The largest absolute Gasteiger partial charge is 0.383 e. The van der Waals surface area contributed by atoms with Gasteiger partial charge in [0.1, 0.15) is 0 Å². The fourth-order valence-corrected chi connectivity index (χ4v) is 2.97. The second kappa shape index (κ2) is 9.92. The Labute approximate surface area is 133 Å². The molecule has 2 nitrogen and oxygen atoms in total. The van der Waals surface area contributed by atoms with E-state index in [1.165, 1.54) is 39.3 Å². The van der Waals surface area contributed by atoms with Crippen LogP contribution in [-0.4, -0.2) is 26.8 Å². The van der Waals surface area contributed by atoms with Gasteiger partial charge in [-0.1, -0.05) is 38.3 Å². The topological polar surface area (TPSA) is 21.3 Å². The van der Waals surface area contributed by atoms with Gasteiger partial charge in [0.05, 0.1) is 6.61 Å². The van der Waals surface area contributed by atoms with E-state index in [9.17, 15) is 0 Å². The summed E-state index contributed by atoms with van der Waals surface area (Å²) < 4.78 is 7.42. The van der Waals surface area contributed by atoms with Crippen molar-refractivity contribution in [2.24, 2.45) is 0 Å². The van der Waals surface area contributed by atoms with Crippen molar-refractivity contribution in [3.05, 3.63) is 32.2 Å². The van der Waals surface area contributed by atoms with E-state index in [-0.39, 0.29) is 0 Å². The molecule has 1 rings (SSSR count). The molecule has 0 heterocycles. The van der Waals surface area contributed by atoms with Gasteiger partial charge in [0.25, 0.3) is 0 Å². The Bertz CT molecular complexity index is 383. The van der Waals surface area contributed by atoms with Crippen LogP contribution in [0.2, 0.25) is 0 Å². The summed E-state index contributed by atoms with van der Waals surface area (Å²) in [6.45, 7) is 4.95. The van der Waals surface area contributed by atoms with Gasteiger partial charge in [-0.15, -0.1) is 0 Å². The number of benzene rings is 1. The standard InChI is InChI=1S/C15H23Br2NO/c1-12-10-15(17)13(11-14(12)16)6-4-3-5-7-18-8-9-19-2/h10-11,18H,3-9H2,1-2H3. The lowest BCUT2D eigenvalue weighted by molar-refractivity contribution is 0.199. The predicted molar refractivity (Wildman–Crippen MR) is 88.9 cm³/mol. The SMILES string of the molecule is COCCNCCCCCc1cc(Br)c(C)cc1Br. The summed E-state index contributed by atoms with van der Waals surface area (Å²) in [4.78, 5) is 0. The molecule has 0 spiro atoms. The molecule has 1 aromatic carbocycles. The zero-order chi connectivity index (χ0) is 14.1. The summed E-state index contributed by atoms with van der Waals surface area (Å²) in [6, 6.07) is 4.42. The Hall–Kier alpha value is 0.1000. The molecule has 0 amide bonds. The van der Waals surface area contributed by atoms with Gasteiger partial charge in [-0.2, -0.15) is 0 Å². The Morgan fingerprint density at radius 2 is 1.84 bits per heavy atom. The van der Waals surface area contributed by atoms with Crippen LogP contribution >= 0.6 is 31.9 Å². The highest BCUT2D eigenvalue weighted by molar-refractivity contribution is 9.11. The van der Waals surface area contributed by atoms with Crippen molar-refractivity contribution in [1.82, 2.24) is 5.32 Å². The number of halogens is 2. The molecule has 4 heteroatoms. The fourth-order valence-electron chi connectivity index (χ4n) is 1.92. The van der Waals surface area contributed by atoms with E-state index in [1.54, 1.807) is 7.11 Å². The highest BCUT2D eigenvalue weighted by atomic mass is 79.9. The molecule has 0 unspecified atom stereocenters. The highest BCUT2D eigenvalue weighted by Crippen LogP contribution is 2.26. The van der Waals surface area contributed by atoms with E-state index in [4.69, 9.17) is 4.74 Å². The van der Waals surface area contributed by atoms with Crippen LogP contribution in [0.4, 0.5) is 0 Å². The van der Waals surface area contributed by atoms with Gasteiger partial charge in [0.15, 0.2) is 0 Å². The zero-order valence-corrected chi connectivity index (χ0v) is 14.9. The number of aryl methyl sites for hydroxylation is 2. The summed E-state index contributed by atoms with van der Waals surface area (Å²) in [7, 11) is 1.74. The summed E-state index contributed by atoms with van der Waals surface area (Å²) >= 11 is 7.24. The molecule has 0 bridgehead atoms. The van der Waals surface area contributed by atoms with Gasteiger partial charge in [0.2, 0.25) is 0 Å². The van der Waals surface area contributed by atoms with Gasteiger partial charge < -0.3 is 10.1 Å². The first-order valence-corrected chi connectivity index (χ1v) is 8.38. The molecule has 0 saturated carbocycles. The van der Waals surface area contributed by atoms with Gasteiger partial charge in [-0.05, 0) is 56.0 Å². The Morgan fingerprint density at radius 1 is 1.05 bits per heavy atom. The van der Waals surface area contributed by atoms with Crippen molar-refractivity contribution in [3.63, 3.8) is 0 Å². The normalized spacial score (nSPS) is 10.9. The Kier molecular flexibility index (Phi) is 8.95. The second-order valence-corrected chi connectivity index (χ2v) is 6.45. The molecule has 0 aliphatic carbocycles. The van der Waals surface area contributed by atoms with Crippen molar-refractivity contribution in [2.45, 2.75) is 32.6 Å². The minimum absolute atomic E-state index is 0.796. The summed E-state index contributed by atoms with van der Waals surface area (Å²) in [5, 5.41) is 3.37. The predicted octanol–water partition coefficient (Wildman–Crippen LogP) is 4.47. The molecule has 19 heavy (non-hydrogen) atoms. The maximum Gasteiger partial charge on any atom is 0.0587 e. The number of unbranched alkanes of at least 4 members (excludes halogenated alkanes) is 2. The molecule has 0 aromatic heterocycles. The molecule has 1 N–H and O–H groups in total. The number of hydrogen-bond acceptors (Lipinski definition) is 2. The first-order valence-electron chi connectivity index (χ1n) is 6.79. The van der Waals surface area contributed by atoms with Crippen LogP contribution in [0.15, 0.2) is 21.1 Å². The minimum atomic E-state index is 0.796. The van der Waals surface area contributed by atoms with Crippen LogP contribution in [0.5, 0.6) is 0 Å². The Balaban J connectivity index is 2.17. The number of rotatable bonds is 9.